The smallest absolute Gasteiger partial charge is 0.0441 e. The SMILES string of the molecule is Cc1ccc(CCN2CCCC2)c(Cl)c1. The van der Waals surface area contributed by atoms with E-state index in [2.05, 4.69) is 30.0 Å². The zero-order valence-corrected chi connectivity index (χ0v) is 10.1. The highest BCUT2D eigenvalue weighted by atomic mass is 35.5. The van der Waals surface area contributed by atoms with E-state index in [1.54, 1.807) is 0 Å². The quantitative estimate of drug-likeness (QED) is 0.760. The van der Waals surface area contributed by atoms with Crippen LogP contribution in [0.3, 0.4) is 0 Å². The molecule has 0 atom stereocenters. The first-order valence-electron chi connectivity index (χ1n) is 5.73. The van der Waals surface area contributed by atoms with Gasteiger partial charge in [0, 0.05) is 11.6 Å². The first kappa shape index (κ1) is 11.0. The van der Waals surface area contributed by atoms with Crippen molar-refractivity contribution < 1.29 is 0 Å². The van der Waals surface area contributed by atoms with E-state index in [0.29, 0.717) is 0 Å². The minimum Gasteiger partial charge on any atom is -0.303 e. The predicted molar refractivity (Wildman–Crippen MR) is 65.6 cm³/mol. The lowest BCUT2D eigenvalue weighted by molar-refractivity contribution is 0.343. The van der Waals surface area contributed by atoms with Crippen molar-refractivity contribution in [2.45, 2.75) is 26.2 Å². The van der Waals surface area contributed by atoms with Gasteiger partial charge in [-0.25, -0.2) is 0 Å². The maximum absolute atomic E-state index is 6.20. The van der Waals surface area contributed by atoms with Crippen LogP contribution in [0.1, 0.15) is 24.0 Å². The highest BCUT2D eigenvalue weighted by molar-refractivity contribution is 6.31. The van der Waals surface area contributed by atoms with Crippen LogP contribution in [0.15, 0.2) is 18.2 Å². The molecule has 0 N–H and O–H groups in total. The molecule has 0 aliphatic carbocycles. The Morgan fingerprint density at radius 1 is 1.27 bits per heavy atom. The van der Waals surface area contributed by atoms with E-state index in [1.807, 2.05) is 0 Å². The van der Waals surface area contributed by atoms with Crippen LogP contribution in [0.25, 0.3) is 0 Å². The van der Waals surface area contributed by atoms with Crippen LogP contribution in [0.5, 0.6) is 0 Å². The standard InChI is InChI=1S/C13H18ClN/c1-11-4-5-12(13(14)10-11)6-9-15-7-2-3-8-15/h4-5,10H,2-3,6-9H2,1H3. The van der Waals surface area contributed by atoms with Crippen LogP contribution in [0.4, 0.5) is 0 Å². The number of aryl methyl sites for hydroxylation is 1. The molecule has 2 rings (SSSR count). The third-order valence-electron chi connectivity index (χ3n) is 3.10. The Hall–Kier alpha value is -0.530. The Bertz CT molecular complexity index is 329. The maximum Gasteiger partial charge on any atom is 0.0441 e. The summed E-state index contributed by atoms with van der Waals surface area (Å²) in [5, 5.41) is 0.925. The van der Waals surface area contributed by atoms with Crippen molar-refractivity contribution in [1.29, 1.82) is 0 Å². The molecule has 0 unspecified atom stereocenters. The van der Waals surface area contributed by atoms with Crippen LogP contribution >= 0.6 is 11.6 Å². The highest BCUT2D eigenvalue weighted by Gasteiger charge is 2.11. The van der Waals surface area contributed by atoms with Crippen molar-refractivity contribution in [2.24, 2.45) is 0 Å². The molecular formula is C13H18ClN. The summed E-state index contributed by atoms with van der Waals surface area (Å²) in [5.74, 6) is 0. The second-order valence-corrected chi connectivity index (χ2v) is 4.80. The average molecular weight is 224 g/mol. The first-order valence-corrected chi connectivity index (χ1v) is 6.11. The summed E-state index contributed by atoms with van der Waals surface area (Å²) in [6.07, 6.45) is 3.81. The van der Waals surface area contributed by atoms with Crippen LogP contribution in [0, 0.1) is 6.92 Å². The van der Waals surface area contributed by atoms with Crippen molar-refractivity contribution in [3.63, 3.8) is 0 Å². The highest BCUT2D eigenvalue weighted by Crippen LogP contribution is 2.19. The van der Waals surface area contributed by atoms with Gasteiger partial charge in [-0.3, -0.25) is 0 Å². The summed E-state index contributed by atoms with van der Waals surface area (Å²) in [5.41, 5.74) is 2.53. The van der Waals surface area contributed by atoms with Gasteiger partial charge < -0.3 is 4.90 Å². The van der Waals surface area contributed by atoms with E-state index in [0.717, 1.165) is 18.0 Å². The molecule has 82 valence electrons. The maximum atomic E-state index is 6.20. The lowest BCUT2D eigenvalue weighted by atomic mass is 10.1. The topological polar surface area (TPSA) is 3.24 Å². The molecule has 15 heavy (non-hydrogen) atoms. The molecule has 1 saturated heterocycles. The largest absolute Gasteiger partial charge is 0.303 e. The van der Waals surface area contributed by atoms with Crippen molar-refractivity contribution in [1.82, 2.24) is 4.90 Å². The predicted octanol–water partition coefficient (Wildman–Crippen LogP) is 3.29. The molecule has 1 aliphatic heterocycles. The number of hydrogen-bond donors (Lipinski definition) is 0. The van der Waals surface area contributed by atoms with Gasteiger partial charge in [0.1, 0.15) is 0 Å². The van der Waals surface area contributed by atoms with Gasteiger partial charge in [0.2, 0.25) is 0 Å². The lowest BCUT2D eigenvalue weighted by Crippen LogP contribution is -2.22. The molecule has 0 amide bonds. The summed E-state index contributed by atoms with van der Waals surface area (Å²) >= 11 is 6.20. The second kappa shape index (κ2) is 5.00. The fourth-order valence-corrected chi connectivity index (χ4v) is 2.47. The molecule has 1 nitrogen and oxygen atoms in total. The van der Waals surface area contributed by atoms with E-state index in [9.17, 15) is 0 Å². The van der Waals surface area contributed by atoms with E-state index in [-0.39, 0.29) is 0 Å². The summed E-state index contributed by atoms with van der Waals surface area (Å²) < 4.78 is 0. The molecule has 0 aromatic heterocycles. The summed E-state index contributed by atoms with van der Waals surface area (Å²) in [6.45, 7) is 5.77. The molecular weight excluding hydrogens is 206 g/mol. The van der Waals surface area contributed by atoms with Gasteiger partial charge in [0.25, 0.3) is 0 Å². The Morgan fingerprint density at radius 2 is 2.00 bits per heavy atom. The Kier molecular flexibility index (Phi) is 3.66. The third kappa shape index (κ3) is 2.96. The molecule has 1 fully saturated rings. The number of nitrogens with zero attached hydrogens (tertiary/aromatic N) is 1. The monoisotopic (exact) mass is 223 g/mol. The number of hydrogen-bond acceptors (Lipinski definition) is 1. The molecule has 1 heterocycles. The van der Waals surface area contributed by atoms with Gasteiger partial charge in [0.05, 0.1) is 0 Å². The Morgan fingerprint density at radius 3 is 2.67 bits per heavy atom. The summed E-state index contributed by atoms with van der Waals surface area (Å²) in [7, 11) is 0. The Labute approximate surface area is 97.0 Å². The molecule has 0 spiro atoms. The third-order valence-corrected chi connectivity index (χ3v) is 3.46. The fourth-order valence-electron chi connectivity index (χ4n) is 2.14. The van der Waals surface area contributed by atoms with Gasteiger partial charge in [-0.1, -0.05) is 23.7 Å². The molecule has 0 bridgehead atoms. The number of halogens is 1. The molecule has 1 aliphatic rings. The van der Waals surface area contributed by atoms with Crippen molar-refractivity contribution in [3.05, 3.63) is 34.3 Å². The van der Waals surface area contributed by atoms with Crippen molar-refractivity contribution >= 4 is 11.6 Å². The van der Waals surface area contributed by atoms with E-state index >= 15 is 0 Å². The number of likely N-dealkylation sites (tertiary alicyclic amines) is 1. The van der Waals surface area contributed by atoms with Crippen LogP contribution in [-0.2, 0) is 6.42 Å². The van der Waals surface area contributed by atoms with Gasteiger partial charge in [-0.15, -0.1) is 0 Å². The van der Waals surface area contributed by atoms with E-state index in [4.69, 9.17) is 11.6 Å². The zero-order chi connectivity index (χ0) is 10.7. The Balaban J connectivity index is 1.92. The molecule has 1 aromatic carbocycles. The van der Waals surface area contributed by atoms with Crippen LogP contribution in [-0.4, -0.2) is 24.5 Å². The second-order valence-electron chi connectivity index (χ2n) is 4.39. The van der Waals surface area contributed by atoms with E-state index < -0.39 is 0 Å². The lowest BCUT2D eigenvalue weighted by Gasteiger charge is -2.14. The van der Waals surface area contributed by atoms with Crippen LogP contribution < -0.4 is 0 Å². The van der Waals surface area contributed by atoms with Crippen molar-refractivity contribution in [2.75, 3.05) is 19.6 Å². The zero-order valence-electron chi connectivity index (χ0n) is 9.30. The van der Waals surface area contributed by atoms with Crippen molar-refractivity contribution in [3.8, 4) is 0 Å². The number of benzene rings is 1. The first-order chi connectivity index (χ1) is 7.25. The molecule has 0 radical (unpaired) electrons. The minimum atomic E-state index is 0.925. The van der Waals surface area contributed by atoms with Crippen LogP contribution in [0.2, 0.25) is 5.02 Å². The molecule has 0 saturated carbocycles. The number of rotatable bonds is 3. The van der Waals surface area contributed by atoms with Gasteiger partial charge in [-0.2, -0.15) is 0 Å². The normalized spacial score (nSPS) is 17.2. The fraction of sp³-hybridized carbons (Fsp3) is 0.538. The van der Waals surface area contributed by atoms with Gasteiger partial charge >= 0.3 is 0 Å². The van der Waals surface area contributed by atoms with Gasteiger partial charge in [0.15, 0.2) is 0 Å². The average Bonchev–Trinajstić information content (AvgIpc) is 2.69. The van der Waals surface area contributed by atoms with E-state index in [1.165, 1.54) is 37.1 Å². The minimum absolute atomic E-state index is 0.925. The summed E-state index contributed by atoms with van der Waals surface area (Å²) in [4.78, 5) is 2.52. The van der Waals surface area contributed by atoms with Gasteiger partial charge in [-0.05, 0) is 56.5 Å². The molecule has 1 aromatic rings. The summed E-state index contributed by atoms with van der Waals surface area (Å²) in [6, 6.07) is 6.36. The molecule has 2 heteroatoms.